The van der Waals surface area contributed by atoms with E-state index in [4.69, 9.17) is 9.26 Å². The van der Waals surface area contributed by atoms with E-state index >= 15 is 0 Å². The molecule has 6 nitrogen and oxygen atoms in total. The van der Waals surface area contributed by atoms with Crippen LogP contribution in [0, 0.1) is 0 Å². The van der Waals surface area contributed by atoms with E-state index < -0.39 is 0 Å². The molecule has 0 bridgehead atoms. The Balaban J connectivity index is 1.32. The lowest BCUT2D eigenvalue weighted by Gasteiger charge is -2.06. The van der Waals surface area contributed by atoms with E-state index in [1.807, 2.05) is 36.6 Å². The fourth-order valence-electron chi connectivity index (χ4n) is 2.61. The van der Waals surface area contributed by atoms with Crippen molar-refractivity contribution in [2.24, 2.45) is 0 Å². The molecule has 0 saturated carbocycles. The molecule has 7 heteroatoms. The number of unbranched alkanes of at least 4 members (excludes halogenated alkanes) is 2. The van der Waals surface area contributed by atoms with Gasteiger partial charge < -0.3 is 14.6 Å². The zero-order chi connectivity index (χ0) is 18.9. The van der Waals surface area contributed by atoms with Crippen molar-refractivity contribution in [2.45, 2.75) is 32.6 Å². The summed E-state index contributed by atoms with van der Waals surface area (Å²) in [5.74, 6) is 2.03. The summed E-state index contributed by atoms with van der Waals surface area (Å²) in [5, 5.41) is 8.94. The molecular formula is C20H23N3O3S. The van der Waals surface area contributed by atoms with Crippen molar-refractivity contribution in [1.29, 1.82) is 0 Å². The molecule has 0 fully saturated rings. The number of nitrogens with zero attached hydrogens (tertiary/aromatic N) is 2. The lowest BCUT2D eigenvalue weighted by atomic mass is 10.1. The summed E-state index contributed by atoms with van der Waals surface area (Å²) in [5.41, 5.74) is 0.644. The van der Waals surface area contributed by atoms with Crippen LogP contribution < -0.4 is 10.1 Å². The van der Waals surface area contributed by atoms with Crippen molar-refractivity contribution in [3.05, 3.63) is 53.2 Å². The van der Waals surface area contributed by atoms with Crippen LogP contribution in [0.2, 0.25) is 0 Å². The molecule has 2 aromatic heterocycles. The van der Waals surface area contributed by atoms with E-state index in [0.717, 1.165) is 36.3 Å². The Bertz CT molecular complexity index is 829. The highest BCUT2D eigenvalue weighted by atomic mass is 32.1. The second kappa shape index (κ2) is 9.87. The first-order chi connectivity index (χ1) is 13.3. The average molecular weight is 385 g/mol. The van der Waals surface area contributed by atoms with Crippen LogP contribution in [-0.2, 0) is 6.42 Å². The number of hydrogen-bond acceptors (Lipinski definition) is 6. The van der Waals surface area contributed by atoms with Gasteiger partial charge in [0.15, 0.2) is 0 Å². The molecule has 0 aliphatic carbocycles. The van der Waals surface area contributed by atoms with Crippen LogP contribution in [0.1, 0.15) is 42.4 Å². The second-order valence-electron chi connectivity index (χ2n) is 6.01. The van der Waals surface area contributed by atoms with Gasteiger partial charge in [-0.1, -0.05) is 17.6 Å². The molecule has 0 aliphatic heterocycles. The number of amides is 1. The van der Waals surface area contributed by atoms with Gasteiger partial charge in [-0.05, 0) is 55.5 Å². The summed E-state index contributed by atoms with van der Waals surface area (Å²) in [6, 6.07) is 11.1. The molecule has 3 rings (SSSR count). The van der Waals surface area contributed by atoms with Crippen molar-refractivity contribution < 1.29 is 14.1 Å². The molecule has 27 heavy (non-hydrogen) atoms. The topological polar surface area (TPSA) is 77.2 Å². The fraction of sp³-hybridized carbons (Fsp3) is 0.350. The minimum atomic E-state index is -0.0597. The molecule has 3 aromatic rings. The SMILES string of the molecule is CCOc1ccc(C(=O)NCCCCCc2nc(-c3cccs3)no2)cc1. The first-order valence-electron chi connectivity index (χ1n) is 9.14. The van der Waals surface area contributed by atoms with E-state index in [2.05, 4.69) is 15.5 Å². The Labute approximate surface area is 162 Å². The van der Waals surface area contributed by atoms with Gasteiger partial charge in [-0.2, -0.15) is 4.98 Å². The van der Waals surface area contributed by atoms with E-state index in [1.54, 1.807) is 23.5 Å². The molecule has 1 amide bonds. The molecule has 1 N–H and O–H groups in total. The van der Waals surface area contributed by atoms with E-state index in [-0.39, 0.29) is 5.91 Å². The minimum Gasteiger partial charge on any atom is -0.494 e. The molecule has 0 radical (unpaired) electrons. The molecule has 1 aromatic carbocycles. The van der Waals surface area contributed by atoms with Gasteiger partial charge in [0, 0.05) is 18.5 Å². The summed E-state index contributed by atoms with van der Waals surface area (Å²) in [6.45, 7) is 3.20. The normalized spacial score (nSPS) is 10.7. The number of carbonyl (C=O) groups excluding carboxylic acids is 1. The second-order valence-corrected chi connectivity index (χ2v) is 6.96. The highest BCUT2D eigenvalue weighted by Gasteiger charge is 2.09. The van der Waals surface area contributed by atoms with Gasteiger partial charge in [0.1, 0.15) is 5.75 Å². The van der Waals surface area contributed by atoms with Crippen molar-refractivity contribution in [3.63, 3.8) is 0 Å². The molecular weight excluding hydrogens is 362 g/mol. The zero-order valence-electron chi connectivity index (χ0n) is 15.3. The largest absolute Gasteiger partial charge is 0.494 e. The number of aromatic nitrogens is 2. The molecule has 2 heterocycles. The third-order valence-corrected chi connectivity index (χ3v) is 4.86. The van der Waals surface area contributed by atoms with Crippen LogP contribution in [0.25, 0.3) is 10.7 Å². The van der Waals surface area contributed by atoms with Gasteiger partial charge in [-0.25, -0.2) is 0 Å². The highest BCUT2D eigenvalue weighted by molar-refractivity contribution is 7.13. The predicted octanol–water partition coefficient (Wildman–Crippen LogP) is 4.34. The van der Waals surface area contributed by atoms with Crippen LogP contribution >= 0.6 is 11.3 Å². The molecule has 0 saturated heterocycles. The summed E-state index contributed by atoms with van der Waals surface area (Å²) < 4.78 is 10.7. The maximum atomic E-state index is 12.1. The summed E-state index contributed by atoms with van der Waals surface area (Å²) >= 11 is 1.60. The number of carbonyl (C=O) groups is 1. The van der Waals surface area contributed by atoms with Crippen LogP contribution in [0.5, 0.6) is 5.75 Å². The lowest BCUT2D eigenvalue weighted by Crippen LogP contribution is -2.24. The minimum absolute atomic E-state index is 0.0597. The van der Waals surface area contributed by atoms with Gasteiger partial charge >= 0.3 is 0 Å². The van der Waals surface area contributed by atoms with Crippen molar-refractivity contribution in [2.75, 3.05) is 13.2 Å². The number of nitrogens with one attached hydrogen (secondary N) is 1. The molecule has 0 spiro atoms. The van der Waals surface area contributed by atoms with Crippen LogP contribution in [-0.4, -0.2) is 29.2 Å². The number of hydrogen-bond donors (Lipinski definition) is 1. The van der Waals surface area contributed by atoms with Gasteiger partial charge in [-0.3, -0.25) is 4.79 Å². The third-order valence-electron chi connectivity index (χ3n) is 3.99. The third kappa shape index (κ3) is 5.65. The molecule has 142 valence electrons. The van der Waals surface area contributed by atoms with Crippen molar-refractivity contribution >= 4 is 17.2 Å². The van der Waals surface area contributed by atoms with E-state index in [1.165, 1.54) is 0 Å². The number of ether oxygens (including phenoxy) is 1. The van der Waals surface area contributed by atoms with Gasteiger partial charge in [0.2, 0.25) is 11.7 Å². The number of aryl methyl sites for hydroxylation is 1. The van der Waals surface area contributed by atoms with Gasteiger partial charge in [-0.15, -0.1) is 11.3 Å². The predicted molar refractivity (Wildman–Crippen MR) is 105 cm³/mol. The standard InChI is InChI=1S/C20H23N3O3S/c1-2-25-16-11-9-15(10-12-16)20(24)21-13-5-3-4-8-18-22-19(23-26-18)17-7-6-14-27-17/h6-7,9-12,14H,2-5,8,13H2,1H3,(H,21,24). The number of benzene rings is 1. The maximum Gasteiger partial charge on any atom is 0.251 e. The number of thiophene rings is 1. The Hall–Kier alpha value is -2.67. The average Bonchev–Trinajstić information content (AvgIpc) is 3.37. The molecule has 0 atom stereocenters. The Kier molecular flexibility index (Phi) is 6.98. The van der Waals surface area contributed by atoms with E-state index in [9.17, 15) is 4.79 Å². The number of rotatable bonds is 10. The lowest BCUT2D eigenvalue weighted by molar-refractivity contribution is 0.0953. The molecule has 0 unspecified atom stereocenters. The maximum absolute atomic E-state index is 12.1. The van der Waals surface area contributed by atoms with Crippen LogP contribution in [0.3, 0.4) is 0 Å². The molecule has 0 aliphatic rings. The van der Waals surface area contributed by atoms with E-state index in [0.29, 0.717) is 30.4 Å². The van der Waals surface area contributed by atoms with Gasteiger partial charge in [0.25, 0.3) is 5.91 Å². The Morgan fingerprint density at radius 1 is 1.19 bits per heavy atom. The smallest absolute Gasteiger partial charge is 0.251 e. The fourth-order valence-corrected chi connectivity index (χ4v) is 3.26. The Morgan fingerprint density at radius 2 is 2.04 bits per heavy atom. The van der Waals surface area contributed by atoms with Gasteiger partial charge in [0.05, 0.1) is 11.5 Å². The van der Waals surface area contributed by atoms with Crippen molar-refractivity contribution in [1.82, 2.24) is 15.5 Å². The monoisotopic (exact) mass is 385 g/mol. The zero-order valence-corrected chi connectivity index (χ0v) is 16.1. The highest BCUT2D eigenvalue weighted by Crippen LogP contribution is 2.21. The first-order valence-corrected chi connectivity index (χ1v) is 10.0. The first kappa shape index (κ1) is 19.1. The van der Waals surface area contributed by atoms with Crippen LogP contribution in [0.15, 0.2) is 46.3 Å². The summed E-state index contributed by atoms with van der Waals surface area (Å²) in [4.78, 5) is 17.5. The summed E-state index contributed by atoms with van der Waals surface area (Å²) in [6.07, 6.45) is 3.60. The Morgan fingerprint density at radius 3 is 2.78 bits per heavy atom. The van der Waals surface area contributed by atoms with Crippen LogP contribution in [0.4, 0.5) is 0 Å². The quantitative estimate of drug-likeness (QED) is 0.525. The van der Waals surface area contributed by atoms with Crippen molar-refractivity contribution in [3.8, 4) is 16.5 Å². The summed E-state index contributed by atoms with van der Waals surface area (Å²) in [7, 11) is 0.